The smallest absolute Gasteiger partial charge is 0.344 e. The highest BCUT2D eigenvalue weighted by atomic mass is 19.1. The summed E-state index contributed by atoms with van der Waals surface area (Å²) >= 11 is 0. The lowest BCUT2D eigenvalue weighted by molar-refractivity contribution is -0.146. The highest BCUT2D eigenvalue weighted by Crippen LogP contribution is 2.17. The zero-order chi connectivity index (χ0) is 7.72. The Hall–Kier alpha value is -0.680. The molecule has 1 rings (SSSR count). The zero-order valence-electron chi connectivity index (χ0n) is 5.03. The number of hydrogen-bond acceptors (Lipinski definition) is 4. The van der Waals surface area contributed by atoms with Crippen molar-refractivity contribution in [3.05, 3.63) is 0 Å². The van der Waals surface area contributed by atoms with Crippen LogP contribution in [-0.4, -0.2) is 41.2 Å². The van der Waals surface area contributed by atoms with Crippen LogP contribution in [0.3, 0.4) is 0 Å². The molecule has 1 heterocycles. The van der Waals surface area contributed by atoms with Gasteiger partial charge in [-0.2, -0.15) is 0 Å². The van der Waals surface area contributed by atoms with Crippen LogP contribution in [0.1, 0.15) is 0 Å². The van der Waals surface area contributed by atoms with E-state index in [1.165, 1.54) is 0 Å². The predicted octanol–water partition coefficient (Wildman–Crippen LogP) is -1.40. The first-order chi connectivity index (χ1) is 4.66. The van der Waals surface area contributed by atoms with E-state index in [9.17, 15) is 9.18 Å². The average Bonchev–Trinajstić information content (AvgIpc) is 2.17. The summed E-state index contributed by atoms with van der Waals surface area (Å²) in [5.74, 6) is -1.11. The SMILES string of the molecule is O=C1O[C@H](CO)[C@@H](O)[C@H]1F. The molecule has 1 saturated heterocycles. The molecular formula is C5H7FO4. The Morgan fingerprint density at radius 3 is 2.50 bits per heavy atom. The van der Waals surface area contributed by atoms with Crippen molar-refractivity contribution < 1.29 is 24.1 Å². The van der Waals surface area contributed by atoms with Crippen molar-refractivity contribution in [2.24, 2.45) is 0 Å². The van der Waals surface area contributed by atoms with Crippen LogP contribution >= 0.6 is 0 Å². The lowest BCUT2D eigenvalue weighted by Crippen LogP contribution is -2.30. The van der Waals surface area contributed by atoms with Crippen molar-refractivity contribution in [2.45, 2.75) is 18.4 Å². The first-order valence-electron chi connectivity index (χ1n) is 2.80. The van der Waals surface area contributed by atoms with Gasteiger partial charge in [-0.05, 0) is 0 Å². The minimum atomic E-state index is -2.00. The molecule has 5 heteroatoms. The van der Waals surface area contributed by atoms with Crippen LogP contribution in [-0.2, 0) is 9.53 Å². The third-order valence-corrected chi connectivity index (χ3v) is 1.35. The van der Waals surface area contributed by atoms with Gasteiger partial charge in [0.15, 0.2) is 6.10 Å². The Labute approximate surface area is 56.2 Å². The molecule has 1 aliphatic rings. The Bertz CT molecular complexity index is 149. The number of rotatable bonds is 1. The Balaban J connectivity index is 2.61. The summed E-state index contributed by atoms with van der Waals surface area (Å²) < 4.78 is 16.5. The molecule has 0 spiro atoms. The quantitative estimate of drug-likeness (QED) is 0.451. The second-order valence-corrected chi connectivity index (χ2v) is 2.05. The molecule has 0 aromatic heterocycles. The third-order valence-electron chi connectivity index (χ3n) is 1.35. The Morgan fingerprint density at radius 2 is 2.30 bits per heavy atom. The fraction of sp³-hybridized carbons (Fsp3) is 0.800. The first-order valence-corrected chi connectivity index (χ1v) is 2.80. The molecule has 1 fully saturated rings. The van der Waals surface area contributed by atoms with Gasteiger partial charge >= 0.3 is 5.97 Å². The highest BCUT2D eigenvalue weighted by molar-refractivity contribution is 5.77. The number of cyclic esters (lactones) is 1. The van der Waals surface area contributed by atoms with Crippen molar-refractivity contribution in [2.75, 3.05) is 6.61 Å². The fourth-order valence-corrected chi connectivity index (χ4v) is 0.757. The molecule has 58 valence electrons. The molecule has 0 bridgehead atoms. The molecule has 0 radical (unpaired) electrons. The van der Waals surface area contributed by atoms with E-state index in [1.54, 1.807) is 0 Å². The van der Waals surface area contributed by atoms with Gasteiger partial charge < -0.3 is 14.9 Å². The number of esters is 1. The summed E-state index contributed by atoms with van der Waals surface area (Å²) in [7, 11) is 0. The van der Waals surface area contributed by atoms with Crippen LogP contribution < -0.4 is 0 Å². The predicted molar refractivity (Wildman–Crippen MR) is 27.9 cm³/mol. The summed E-state index contributed by atoms with van der Waals surface area (Å²) in [4.78, 5) is 10.3. The maximum absolute atomic E-state index is 12.3. The van der Waals surface area contributed by atoms with E-state index in [0.717, 1.165) is 0 Å². The van der Waals surface area contributed by atoms with E-state index in [-0.39, 0.29) is 0 Å². The normalized spacial score (nSPS) is 39.9. The van der Waals surface area contributed by atoms with Gasteiger partial charge in [0.1, 0.15) is 6.10 Å². The second kappa shape index (κ2) is 2.51. The number of halogens is 1. The second-order valence-electron chi connectivity index (χ2n) is 2.05. The topological polar surface area (TPSA) is 66.8 Å². The molecule has 0 aromatic carbocycles. The van der Waals surface area contributed by atoms with Gasteiger partial charge in [0.05, 0.1) is 6.61 Å². The highest BCUT2D eigenvalue weighted by Gasteiger charge is 2.43. The van der Waals surface area contributed by atoms with E-state index in [1.807, 2.05) is 0 Å². The van der Waals surface area contributed by atoms with Gasteiger partial charge in [0.25, 0.3) is 0 Å². The van der Waals surface area contributed by atoms with Gasteiger partial charge in [0, 0.05) is 0 Å². The molecule has 0 unspecified atom stereocenters. The summed E-state index contributed by atoms with van der Waals surface area (Å²) in [6.45, 7) is -0.548. The van der Waals surface area contributed by atoms with E-state index in [4.69, 9.17) is 10.2 Å². The van der Waals surface area contributed by atoms with Crippen LogP contribution in [0.4, 0.5) is 4.39 Å². The van der Waals surface area contributed by atoms with Crippen molar-refractivity contribution >= 4 is 5.97 Å². The first kappa shape index (κ1) is 7.43. The fourth-order valence-electron chi connectivity index (χ4n) is 0.757. The number of aliphatic hydroxyl groups excluding tert-OH is 2. The number of alkyl halides is 1. The van der Waals surface area contributed by atoms with E-state index >= 15 is 0 Å². The van der Waals surface area contributed by atoms with Gasteiger partial charge in [-0.25, -0.2) is 9.18 Å². The van der Waals surface area contributed by atoms with Crippen LogP contribution in [0.2, 0.25) is 0 Å². The number of aliphatic hydroxyl groups is 2. The molecule has 4 nitrogen and oxygen atoms in total. The average molecular weight is 150 g/mol. The maximum Gasteiger partial charge on any atom is 0.344 e. The molecule has 1 aliphatic heterocycles. The molecule has 3 atom stereocenters. The van der Waals surface area contributed by atoms with Crippen molar-refractivity contribution in [1.29, 1.82) is 0 Å². The van der Waals surface area contributed by atoms with Crippen LogP contribution in [0.5, 0.6) is 0 Å². The van der Waals surface area contributed by atoms with Gasteiger partial charge in [-0.15, -0.1) is 0 Å². The molecule has 10 heavy (non-hydrogen) atoms. The van der Waals surface area contributed by atoms with Crippen LogP contribution in [0, 0.1) is 0 Å². The lowest BCUT2D eigenvalue weighted by Gasteiger charge is -2.07. The molecule has 0 amide bonds. The maximum atomic E-state index is 12.3. The molecular weight excluding hydrogens is 143 g/mol. The minimum Gasteiger partial charge on any atom is -0.455 e. The minimum absolute atomic E-state index is 0.548. The number of carbonyl (C=O) groups is 1. The standard InChI is InChI=1S/C5H7FO4/c6-3-4(8)2(1-7)10-5(3)9/h2-4,7-8H,1H2/t2-,3-,4-/m1/s1. The third kappa shape index (κ3) is 0.975. The van der Waals surface area contributed by atoms with Crippen molar-refractivity contribution in [1.82, 2.24) is 0 Å². The molecule has 0 aliphatic carbocycles. The number of carbonyl (C=O) groups excluding carboxylic acids is 1. The number of hydrogen-bond donors (Lipinski definition) is 2. The van der Waals surface area contributed by atoms with Gasteiger partial charge in [-0.1, -0.05) is 0 Å². The molecule has 0 aromatic rings. The largest absolute Gasteiger partial charge is 0.455 e. The van der Waals surface area contributed by atoms with E-state index < -0.39 is 31.0 Å². The number of ether oxygens (including phenoxy) is 1. The molecule has 0 saturated carbocycles. The summed E-state index contributed by atoms with van der Waals surface area (Å²) in [6, 6.07) is 0. The van der Waals surface area contributed by atoms with Crippen molar-refractivity contribution in [3.8, 4) is 0 Å². The summed E-state index contributed by atoms with van der Waals surface area (Å²) in [5.41, 5.74) is 0. The lowest BCUT2D eigenvalue weighted by atomic mass is 10.2. The van der Waals surface area contributed by atoms with Crippen LogP contribution in [0.25, 0.3) is 0 Å². The van der Waals surface area contributed by atoms with Gasteiger partial charge in [-0.3, -0.25) is 0 Å². The summed E-state index contributed by atoms with van der Waals surface area (Å²) in [5, 5.41) is 17.1. The van der Waals surface area contributed by atoms with E-state index in [2.05, 4.69) is 4.74 Å². The monoisotopic (exact) mass is 150 g/mol. The molecule has 2 N–H and O–H groups in total. The summed E-state index contributed by atoms with van der Waals surface area (Å²) in [6.07, 6.45) is -4.61. The van der Waals surface area contributed by atoms with Crippen molar-refractivity contribution in [3.63, 3.8) is 0 Å². The Morgan fingerprint density at radius 1 is 1.70 bits per heavy atom. The van der Waals surface area contributed by atoms with E-state index in [0.29, 0.717) is 0 Å². The zero-order valence-corrected chi connectivity index (χ0v) is 5.03. The van der Waals surface area contributed by atoms with Crippen LogP contribution in [0.15, 0.2) is 0 Å². The van der Waals surface area contributed by atoms with Gasteiger partial charge in [0.2, 0.25) is 6.17 Å². The Kier molecular flexibility index (Phi) is 1.87.